The van der Waals surface area contributed by atoms with Crippen LogP contribution in [0.4, 0.5) is 4.39 Å². The second-order valence-electron chi connectivity index (χ2n) is 3.95. The van der Waals surface area contributed by atoms with Crippen LogP contribution in [-0.2, 0) is 6.61 Å². The van der Waals surface area contributed by atoms with Crippen LogP contribution in [0.5, 0.6) is 5.75 Å². The molecule has 0 amide bonds. The molecule has 104 valence electrons. The Morgan fingerprint density at radius 1 is 1.10 bits per heavy atom. The predicted octanol–water partition coefficient (Wildman–Crippen LogP) is 5.18. The largest absolute Gasteiger partial charge is 0.487 e. The zero-order valence-corrected chi connectivity index (χ0v) is 12.3. The van der Waals surface area contributed by atoms with E-state index in [1.54, 1.807) is 0 Å². The van der Waals surface area contributed by atoms with E-state index in [1.165, 1.54) is 30.3 Å². The topological polar surface area (TPSA) is 26.3 Å². The first-order valence-electron chi connectivity index (χ1n) is 5.52. The third-order valence-electron chi connectivity index (χ3n) is 2.55. The van der Waals surface area contributed by atoms with Crippen molar-refractivity contribution in [2.24, 2.45) is 0 Å². The highest BCUT2D eigenvalue weighted by Gasteiger charge is 2.11. The maximum absolute atomic E-state index is 12.9. The highest BCUT2D eigenvalue weighted by molar-refractivity contribution is 6.36. The molecule has 2 aromatic carbocycles. The molecular formula is C14H8Cl3FO2. The second kappa shape index (κ2) is 6.44. The average molecular weight is 334 g/mol. The third-order valence-corrected chi connectivity index (χ3v) is 3.40. The predicted molar refractivity (Wildman–Crippen MR) is 77.6 cm³/mol. The first-order chi connectivity index (χ1) is 9.51. The summed E-state index contributed by atoms with van der Waals surface area (Å²) in [6, 6.07) is 6.88. The zero-order valence-electron chi connectivity index (χ0n) is 10.00. The van der Waals surface area contributed by atoms with E-state index in [0.717, 1.165) is 0 Å². The Labute approximate surface area is 130 Å². The quantitative estimate of drug-likeness (QED) is 0.721. The van der Waals surface area contributed by atoms with Crippen LogP contribution in [-0.4, -0.2) is 6.29 Å². The van der Waals surface area contributed by atoms with Gasteiger partial charge in [-0.3, -0.25) is 4.79 Å². The van der Waals surface area contributed by atoms with E-state index in [4.69, 9.17) is 39.5 Å². The number of carbonyl (C=O) groups is 1. The molecule has 0 unspecified atom stereocenters. The summed E-state index contributed by atoms with van der Waals surface area (Å²) in [5.74, 6) is -0.219. The monoisotopic (exact) mass is 332 g/mol. The lowest BCUT2D eigenvalue weighted by atomic mass is 10.2. The molecule has 6 heteroatoms. The molecule has 0 N–H and O–H groups in total. The van der Waals surface area contributed by atoms with Crippen LogP contribution in [0.2, 0.25) is 15.1 Å². The van der Waals surface area contributed by atoms with Gasteiger partial charge in [-0.25, -0.2) is 4.39 Å². The van der Waals surface area contributed by atoms with Gasteiger partial charge in [-0.1, -0.05) is 40.9 Å². The normalized spacial score (nSPS) is 10.4. The number of benzene rings is 2. The van der Waals surface area contributed by atoms with E-state index >= 15 is 0 Å². The van der Waals surface area contributed by atoms with Crippen molar-refractivity contribution in [2.45, 2.75) is 6.61 Å². The van der Waals surface area contributed by atoms with Crippen molar-refractivity contribution in [2.75, 3.05) is 0 Å². The van der Waals surface area contributed by atoms with Crippen LogP contribution in [0.1, 0.15) is 15.9 Å². The van der Waals surface area contributed by atoms with Gasteiger partial charge in [0.1, 0.15) is 18.2 Å². The van der Waals surface area contributed by atoms with Crippen molar-refractivity contribution in [1.29, 1.82) is 0 Å². The van der Waals surface area contributed by atoms with Crippen LogP contribution < -0.4 is 4.74 Å². The fourth-order valence-corrected chi connectivity index (χ4v) is 2.39. The summed E-state index contributed by atoms with van der Waals surface area (Å²) in [5, 5.41) is 0.796. The molecule has 0 saturated carbocycles. The van der Waals surface area contributed by atoms with Crippen LogP contribution in [0, 0.1) is 5.82 Å². The minimum atomic E-state index is -0.433. The van der Waals surface area contributed by atoms with Crippen molar-refractivity contribution < 1.29 is 13.9 Å². The summed E-state index contributed by atoms with van der Waals surface area (Å²) in [6.45, 7) is 0.0569. The van der Waals surface area contributed by atoms with Crippen molar-refractivity contribution in [3.8, 4) is 5.75 Å². The number of hydrogen-bond donors (Lipinski definition) is 0. The average Bonchev–Trinajstić information content (AvgIpc) is 2.38. The summed E-state index contributed by atoms with van der Waals surface area (Å²) in [4.78, 5) is 11.0. The lowest BCUT2D eigenvalue weighted by Crippen LogP contribution is -2.00. The van der Waals surface area contributed by atoms with Gasteiger partial charge in [-0.15, -0.1) is 0 Å². The van der Waals surface area contributed by atoms with Crippen LogP contribution in [0.3, 0.4) is 0 Å². The van der Waals surface area contributed by atoms with Gasteiger partial charge in [0, 0.05) is 10.6 Å². The van der Waals surface area contributed by atoms with Gasteiger partial charge < -0.3 is 4.74 Å². The first-order valence-corrected chi connectivity index (χ1v) is 6.65. The Morgan fingerprint density at radius 3 is 2.50 bits per heavy atom. The first kappa shape index (κ1) is 15.1. The summed E-state index contributed by atoms with van der Waals surface area (Å²) in [6.07, 6.45) is 0.597. The number of aldehydes is 1. The van der Waals surface area contributed by atoms with Gasteiger partial charge in [-0.2, -0.15) is 0 Å². The van der Waals surface area contributed by atoms with Gasteiger partial charge in [0.15, 0.2) is 6.29 Å². The summed E-state index contributed by atoms with van der Waals surface area (Å²) in [5.41, 5.74) is 0.816. The number of carbonyl (C=O) groups excluding carboxylic acids is 1. The van der Waals surface area contributed by atoms with Crippen LogP contribution in [0.25, 0.3) is 0 Å². The molecule has 2 rings (SSSR count). The summed E-state index contributed by atoms with van der Waals surface area (Å²) < 4.78 is 18.4. The van der Waals surface area contributed by atoms with Gasteiger partial charge >= 0.3 is 0 Å². The second-order valence-corrected chi connectivity index (χ2v) is 5.20. The standard InChI is InChI=1S/C14H8Cl3FO2/c15-10-3-9(6-19)14(13(17)4-10)20-7-8-1-2-11(18)5-12(8)16/h1-6H,7H2. The highest BCUT2D eigenvalue weighted by atomic mass is 35.5. The Bertz CT molecular complexity index is 659. The summed E-state index contributed by atoms with van der Waals surface area (Å²) >= 11 is 17.7. The number of halogens is 4. The molecule has 0 spiro atoms. The molecule has 0 bridgehead atoms. The smallest absolute Gasteiger partial charge is 0.153 e. The Balaban J connectivity index is 2.25. The molecule has 0 aliphatic rings. The third kappa shape index (κ3) is 3.42. The fourth-order valence-electron chi connectivity index (χ4n) is 1.61. The fraction of sp³-hybridized carbons (Fsp3) is 0.0714. The Kier molecular flexibility index (Phi) is 4.86. The van der Waals surface area contributed by atoms with Crippen molar-refractivity contribution >= 4 is 41.1 Å². The van der Waals surface area contributed by atoms with Crippen LogP contribution in [0.15, 0.2) is 30.3 Å². The minimum absolute atomic E-state index is 0.0569. The number of hydrogen-bond acceptors (Lipinski definition) is 2. The SMILES string of the molecule is O=Cc1cc(Cl)cc(Cl)c1OCc1ccc(F)cc1Cl. The van der Waals surface area contributed by atoms with Crippen molar-refractivity contribution in [3.05, 3.63) is 62.3 Å². The lowest BCUT2D eigenvalue weighted by molar-refractivity contribution is 0.111. The number of ether oxygens (including phenoxy) is 1. The van der Waals surface area contributed by atoms with Gasteiger partial charge in [0.05, 0.1) is 15.6 Å². The molecule has 0 aromatic heterocycles. The number of rotatable bonds is 4. The van der Waals surface area contributed by atoms with E-state index < -0.39 is 5.82 Å². The van der Waals surface area contributed by atoms with Crippen LogP contribution >= 0.6 is 34.8 Å². The Morgan fingerprint density at radius 2 is 1.85 bits per heavy atom. The maximum Gasteiger partial charge on any atom is 0.153 e. The molecule has 2 nitrogen and oxygen atoms in total. The minimum Gasteiger partial charge on any atom is -0.487 e. The maximum atomic E-state index is 12.9. The molecule has 0 atom stereocenters. The zero-order chi connectivity index (χ0) is 14.7. The molecule has 0 aliphatic carbocycles. The van der Waals surface area contributed by atoms with E-state index in [-0.39, 0.29) is 28.0 Å². The van der Waals surface area contributed by atoms with Gasteiger partial charge in [0.25, 0.3) is 0 Å². The summed E-state index contributed by atoms with van der Waals surface area (Å²) in [7, 11) is 0. The highest BCUT2D eigenvalue weighted by Crippen LogP contribution is 2.32. The Hall–Kier alpha value is -1.29. The van der Waals surface area contributed by atoms with E-state index in [0.29, 0.717) is 16.9 Å². The molecule has 0 heterocycles. The van der Waals surface area contributed by atoms with E-state index in [1.807, 2.05) is 0 Å². The lowest BCUT2D eigenvalue weighted by Gasteiger charge is -2.11. The van der Waals surface area contributed by atoms with Gasteiger partial charge in [0.2, 0.25) is 0 Å². The molecule has 0 radical (unpaired) electrons. The van der Waals surface area contributed by atoms with Crippen molar-refractivity contribution in [1.82, 2.24) is 0 Å². The molecule has 0 fully saturated rings. The molecule has 20 heavy (non-hydrogen) atoms. The molecular weight excluding hydrogens is 326 g/mol. The van der Waals surface area contributed by atoms with E-state index in [2.05, 4.69) is 0 Å². The molecule has 0 aliphatic heterocycles. The van der Waals surface area contributed by atoms with Gasteiger partial charge in [-0.05, 0) is 24.3 Å². The van der Waals surface area contributed by atoms with E-state index in [9.17, 15) is 9.18 Å². The van der Waals surface area contributed by atoms with Crippen molar-refractivity contribution in [3.63, 3.8) is 0 Å². The molecule has 0 saturated heterocycles. The molecule has 2 aromatic rings.